The molecule has 0 spiro atoms. The molecule has 0 aliphatic heterocycles. The molecule has 4 nitrogen and oxygen atoms in total. The first-order chi connectivity index (χ1) is 11.7. The van der Waals surface area contributed by atoms with Crippen LogP contribution in [0.15, 0.2) is 53.7 Å². The molecule has 1 heterocycles. The van der Waals surface area contributed by atoms with Crippen molar-refractivity contribution in [1.29, 1.82) is 0 Å². The fraction of sp³-hybridized carbons (Fsp3) is 0.316. The molecule has 0 atom stereocenters. The Morgan fingerprint density at radius 2 is 1.75 bits per heavy atom. The molecule has 0 fully saturated rings. The first-order valence-electron chi connectivity index (χ1n) is 8.07. The second-order valence-electron chi connectivity index (χ2n) is 5.70. The Bertz CT molecular complexity index is 814. The highest BCUT2D eigenvalue weighted by Crippen LogP contribution is 2.28. The molecule has 0 amide bonds. The summed E-state index contributed by atoms with van der Waals surface area (Å²) < 4.78 is 13.5. The number of benzene rings is 2. The molecule has 0 bridgehead atoms. The number of hydrogen-bond donors (Lipinski definition) is 0. The SMILES string of the molecule is COc1ccccc1OCCn1c(SC(C)C)nc2ccccc21. The third-order valence-corrected chi connectivity index (χ3v) is 4.60. The number of nitrogens with zero attached hydrogens (tertiary/aromatic N) is 2. The van der Waals surface area contributed by atoms with Crippen LogP contribution in [0.2, 0.25) is 0 Å². The van der Waals surface area contributed by atoms with Crippen molar-refractivity contribution < 1.29 is 9.47 Å². The third kappa shape index (κ3) is 3.67. The van der Waals surface area contributed by atoms with Gasteiger partial charge in [0.1, 0.15) is 6.61 Å². The molecule has 5 heteroatoms. The standard InChI is InChI=1S/C19H22N2O2S/c1-14(2)24-19-20-15-8-4-5-9-16(15)21(19)12-13-23-18-11-7-6-10-17(18)22-3/h4-11,14H,12-13H2,1-3H3. The van der Waals surface area contributed by atoms with Crippen LogP contribution < -0.4 is 9.47 Å². The van der Waals surface area contributed by atoms with Crippen molar-refractivity contribution in [1.82, 2.24) is 9.55 Å². The fourth-order valence-electron chi connectivity index (χ4n) is 2.56. The van der Waals surface area contributed by atoms with E-state index in [0.29, 0.717) is 11.9 Å². The number of ether oxygens (including phenoxy) is 2. The maximum atomic E-state index is 5.93. The molecule has 0 radical (unpaired) electrons. The minimum atomic E-state index is 0.482. The van der Waals surface area contributed by atoms with Gasteiger partial charge in [-0.15, -0.1) is 0 Å². The maximum absolute atomic E-state index is 5.93. The number of thioether (sulfide) groups is 1. The van der Waals surface area contributed by atoms with E-state index in [9.17, 15) is 0 Å². The van der Waals surface area contributed by atoms with Crippen LogP contribution in [0.25, 0.3) is 11.0 Å². The Labute approximate surface area is 146 Å². The maximum Gasteiger partial charge on any atom is 0.169 e. The van der Waals surface area contributed by atoms with Crippen molar-refractivity contribution in [3.63, 3.8) is 0 Å². The smallest absolute Gasteiger partial charge is 0.169 e. The Morgan fingerprint density at radius 1 is 1.04 bits per heavy atom. The topological polar surface area (TPSA) is 36.3 Å². The Balaban J connectivity index is 1.79. The van der Waals surface area contributed by atoms with Crippen LogP contribution in [0.1, 0.15) is 13.8 Å². The average Bonchev–Trinajstić information content (AvgIpc) is 2.92. The lowest BCUT2D eigenvalue weighted by Crippen LogP contribution is -2.10. The minimum Gasteiger partial charge on any atom is -0.493 e. The van der Waals surface area contributed by atoms with Gasteiger partial charge in [0.05, 0.1) is 24.7 Å². The van der Waals surface area contributed by atoms with Crippen molar-refractivity contribution in [2.24, 2.45) is 0 Å². The van der Waals surface area contributed by atoms with Crippen LogP contribution >= 0.6 is 11.8 Å². The molecule has 0 unspecified atom stereocenters. The monoisotopic (exact) mass is 342 g/mol. The molecule has 0 N–H and O–H groups in total. The van der Waals surface area contributed by atoms with Crippen molar-refractivity contribution in [2.75, 3.05) is 13.7 Å². The summed E-state index contributed by atoms with van der Waals surface area (Å²) in [6, 6.07) is 15.9. The van der Waals surface area contributed by atoms with Gasteiger partial charge >= 0.3 is 0 Å². The minimum absolute atomic E-state index is 0.482. The number of rotatable bonds is 7. The molecule has 24 heavy (non-hydrogen) atoms. The van der Waals surface area contributed by atoms with E-state index in [1.54, 1.807) is 18.9 Å². The number of hydrogen-bond acceptors (Lipinski definition) is 4. The first kappa shape index (κ1) is 16.7. The lowest BCUT2D eigenvalue weighted by atomic mass is 10.3. The summed E-state index contributed by atoms with van der Waals surface area (Å²) in [5.41, 5.74) is 2.17. The van der Waals surface area contributed by atoms with Crippen molar-refractivity contribution in [3.05, 3.63) is 48.5 Å². The van der Waals surface area contributed by atoms with E-state index in [1.807, 2.05) is 36.4 Å². The highest BCUT2D eigenvalue weighted by molar-refractivity contribution is 7.99. The Kier molecular flexibility index (Phi) is 5.30. The Hall–Kier alpha value is -2.14. The van der Waals surface area contributed by atoms with Gasteiger partial charge in [0.25, 0.3) is 0 Å². The summed E-state index contributed by atoms with van der Waals surface area (Å²) in [6.07, 6.45) is 0. The van der Waals surface area contributed by atoms with Gasteiger partial charge < -0.3 is 14.0 Å². The van der Waals surface area contributed by atoms with Gasteiger partial charge in [0.2, 0.25) is 0 Å². The fourth-order valence-corrected chi connectivity index (χ4v) is 3.44. The van der Waals surface area contributed by atoms with E-state index >= 15 is 0 Å². The van der Waals surface area contributed by atoms with Crippen LogP contribution in [-0.2, 0) is 6.54 Å². The first-order valence-corrected chi connectivity index (χ1v) is 8.94. The third-order valence-electron chi connectivity index (χ3n) is 3.60. The van der Waals surface area contributed by atoms with Gasteiger partial charge in [-0.3, -0.25) is 0 Å². The zero-order valence-electron chi connectivity index (χ0n) is 14.2. The van der Waals surface area contributed by atoms with Crippen LogP contribution in [0.4, 0.5) is 0 Å². The quantitative estimate of drug-likeness (QED) is 0.587. The van der Waals surface area contributed by atoms with Crippen molar-refractivity contribution in [3.8, 4) is 11.5 Å². The van der Waals surface area contributed by atoms with Crippen molar-refractivity contribution >= 4 is 22.8 Å². The molecular weight excluding hydrogens is 320 g/mol. The molecule has 0 saturated carbocycles. The number of para-hydroxylation sites is 4. The van der Waals surface area contributed by atoms with Gasteiger partial charge in [-0.2, -0.15) is 0 Å². The van der Waals surface area contributed by atoms with Gasteiger partial charge in [-0.1, -0.05) is 49.9 Å². The number of aromatic nitrogens is 2. The van der Waals surface area contributed by atoms with Gasteiger partial charge in [-0.25, -0.2) is 4.98 Å². The van der Waals surface area contributed by atoms with E-state index in [-0.39, 0.29) is 0 Å². The van der Waals surface area contributed by atoms with Crippen LogP contribution in [0.3, 0.4) is 0 Å². The number of methoxy groups -OCH3 is 1. The Morgan fingerprint density at radius 3 is 2.50 bits per heavy atom. The highest BCUT2D eigenvalue weighted by Gasteiger charge is 2.12. The summed E-state index contributed by atoms with van der Waals surface area (Å²) in [4.78, 5) is 4.76. The largest absolute Gasteiger partial charge is 0.493 e. The molecule has 126 valence electrons. The van der Waals surface area contributed by atoms with Gasteiger partial charge in [0.15, 0.2) is 16.7 Å². The normalized spacial score (nSPS) is 11.2. The lowest BCUT2D eigenvalue weighted by Gasteiger charge is -2.13. The molecule has 0 aliphatic rings. The molecule has 0 aliphatic carbocycles. The molecule has 3 rings (SSSR count). The van der Waals surface area contributed by atoms with Crippen LogP contribution in [0, 0.1) is 0 Å². The lowest BCUT2D eigenvalue weighted by molar-refractivity contribution is 0.277. The zero-order valence-corrected chi connectivity index (χ0v) is 15.0. The number of fused-ring (bicyclic) bond motifs is 1. The van der Waals surface area contributed by atoms with Gasteiger partial charge in [-0.05, 0) is 24.3 Å². The molecule has 1 aromatic heterocycles. The van der Waals surface area contributed by atoms with E-state index in [2.05, 4.69) is 30.5 Å². The van der Waals surface area contributed by atoms with E-state index in [4.69, 9.17) is 14.5 Å². The second kappa shape index (κ2) is 7.62. The van der Waals surface area contributed by atoms with E-state index in [0.717, 1.165) is 34.2 Å². The van der Waals surface area contributed by atoms with Crippen LogP contribution in [0.5, 0.6) is 11.5 Å². The summed E-state index contributed by atoms with van der Waals surface area (Å²) in [5, 5.41) is 1.52. The predicted octanol–water partition coefficient (Wildman–Crippen LogP) is 4.62. The average molecular weight is 342 g/mol. The molecule has 0 saturated heterocycles. The molecule has 2 aromatic carbocycles. The summed E-state index contributed by atoms with van der Waals surface area (Å²) in [7, 11) is 1.66. The van der Waals surface area contributed by atoms with E-state index < -0.39 is 0 Å². The number of imidazole rings is 1. The molecule has 3 aromatic rings. The summed E-state index contributed by atoms with van der Waals surface area (Å²) in [5.74, 6) is 1.52. The predicted molar refractivity (Wildman–Crippen MR) is 99.2 cm³/mol. The van der Waals surface area contributed by atoms with Crippen LogP contribution in [-0.4, -0.2) is 28.5 Å². The second-order valence-corrected chi connectivity index (χ2v) is 7.24. The summed E-state index contributed by atoms with van der Waals surface area (Å²) >= 11 is 1.78. The van der Waals surface area contributed by atoms with Crippen molar-refractivity contribution in [2.45, 2.75) is 30.8 Å². The highest BCUT2D eigenvalue weighted by atomic mass is 32.2. The van der Waals surface area contributed by atoms with E-state index in [1.165, 1.54) is 0 Å². The zero-order chi connectivity index (χ0) is 16.9. The molecular formula is C19H22N2O2S. The summed E-state index contributed by atoms with van der Waals surface area (Å²) in [6.45, 7) is 5.67. The van der Waals surface area contributed by atoms with Gasteiger partial charge in [0, 0.05) is 5.25 Å².